The van der Waals surface area contributed by atoms with Crippen molar-refractivity contribution in [2.45, 2.75) is 38.9 Å². The molecule has 0 aliphatic rings. The molecule has 2 N–H and O–H groups in total. The summed E-state index contributed by atoms with van der Waals surface area (Å²) in [6.45, 7) is 5.56. The van der Waals surface area contributed by atoms with E-state index in [-0.39, 0.29) is 16.9 Å². The van der Waals surface area contributed by atoms with Crippen molar-refractivity contribution in [3.05, 3.63) is 59.7 Å². The first-order chi connectivity index (χ1) is 11.5. The van der Waals surface area contributed by atoms with Crippen molar-refractivity contribution in [1.29, 1.82) is 0 Å². The fourth-order valence-electron chi connectivity index (χ4n) is 2.23. The van der Waals surface area contributed by atoms with Gasteiger partial charge in [0.15, 0.2) is 11.6 Å². The van der Waals surface area contributed by atoms with Crippen LogP contribution in [0.4, 0.5) is 0 Å². The zero-order valence-electron chi connectivity index (χ0n) is 14.7. The third-order valence-electron chi connectivity index (χ3n) is 3.57. The lowest BCUT2D eigenvalue weighted by Gasteiger charge is -2.20. The van der Waals surface area contributed by atoms with E-state index in [1.165, 1.54) is 45.9 Å². The van der Waals surface area contributed by atoms with Crippen molar-refractivity contribution >= 4 is 11.6 Å². The molecule has 0 saturated carbocycles. The van der Waals surface area contributed by atoms with Crippen molar-refractivity contribution in [3.63, 3.8) is 0 Å². The molecule has 0 aromatic heterocycles. The Morgan fingerprint density at radius 1 is 0.840 bits per heavy atom. The van der Waals surface area contributed by atoms with Crippen molar-refractivity contribution < 1.29 is 24.5 Å². The summed E-state index contributed by atoms with van der Waals surface area (Å²) in [7, 11) is 0. The molecule has 0 spiro atoms. The Balaban J connectivity index is 2.53. The number of rotatable bonds is 6. The lowest BCUT2D eigenvalue weighted by Crippen LogP contribution is -2.32. The Kier molecular flexibility index (Phi) is 5.11. The molecule has 0 amide bonds. The summed E-state index contributed by atoms with van der Waals surface area (Å²) in [5.41, 5.74) is -2.77. The molecule has 25 heavy (non-hydrogen) atoms. The molecule has 132 valence electrons. The predicted molar refractivity (Wildman–Crippen MR) is 94.2 cm³/mol. The van der Waals surface area contributed by atoms with Gasteiger partial charge >= 0.3 is 0 Å². The maximum Gasteiger partial charge on any atom is 0.197 e. The van der Waals surface area contributed by atoms with Crippen LogP contribution >= 0.6 is 0 Å². The molecular weight excluding hydrogens is 320 g/mol. The minimum Gasteiger partial charge on any atom is -0.457 e. The molecule has 0 radical (unpaired) electrons. The summed E-state index contributed by atoms with van der Waals surface area (Å²) >= 11 is 0. The van der Waals surface area contributed by atoms with Gasteiger partial charge in [-0.05, 0) is 52.0 Å². The van der Waals surface area contributed by atoms with Gasteiger partial charge in [0.1, 0.15) is 22.7 Å². The Labute approximate surface area is 146 Å². The van der Waals surface area contributed by atoms with Crippen LogP contribution < -0.4 is 4.74 Å². The maximum absolute atomic E-state index is 12.5. The first kappa shape index (κ1) is 18.8. The van der Waals surface area contributed by atoms with Gasteiger partial charge in [0, 0.05) is 5.56 Å². The topological polar surface area (TPSA) is 83.8 Å². The largest absolute Gasteiger partial charge is 0.457 e. The van der Waals surface area contributed by atoms with E-state index in [1.54, 1.807) is 24.3 Å². The normalized spacial score (nSPS) is 11.9. The van der Waals surface area contributed by atoms with Gasteiger partial charge in [-0.15, -0.1) is 0 Å². The third kappa shape index (κ3) is 4.53. The SMILES string of the molecule is CC(C)(O)C(=O)c1ccc(C(=O)C(C)(C)O)c(Oc2ccccc2)c1. The highest BCUT2D eigenvalue weighted by Crippen LogP contribution is 2.30. The van der Waals surface area contributed by atoms with Crippen LogP contribution in [0.5, 0.6) is 11.5 Å². The number of carbonyl (C=O) groups excluding carboxylic acids is 2. The number of hydrogen-bond acceptors (Lipinski definition) is 5. The molecule has 0 saturated heterocycles. The molecule has 0 aliphatic carbocycles. The van der Waals surface area contributed by atoms with E-state index in [1.807, 2.05) is 6.07 Å². The van der Waals surface area contributed by atoms with E-state index in [2.05, 4.69) is 0 Å². The highest BCUT2D eigenvalue weighted by molar-refractivity contribution is 6.06. The minimum atomic E-state index is -1.59. The van der Waals surface area contributed by atoms with Crippen molar-refractivity contribution in [2.24, 2.45) is 0 Å². The lowest BCUT2D eigenvalue weighted by molar-refractivity contribution is 0.0481. The summed E-state index contributed by atoms with van der Waals surface area (Å²) < 4.78 is 5.76. The number of Topliss-reactive ketones (excluding diaryl/α,β-unsaturated/α-hetero) is 2. The predicted octanol–water partition coefficient (Wildman–Crippen LogP) is 3.39. The Morgan fingerprint density at radius 3 is 1.92 bits per heavy atom. The second-order valence-electron chi connectivity index (χ2n) is 6.90. The van der Waals surface area contributed by atoms with E-state index >= 15 is 0 Å². The molecular formula is C20H22O5. The van der Waals surface area contributed by atoms with Crippen molar-refractivity contribution in [3.8, 4) is 11.5 Å². The van der Waals surface area contributed by atoms with Crippen molar-refractivity contribution in [1.82, 2.24) is 0 Å². The van der Waals surface area contributed by atoms with Gasteiger partial charge in [0.25, 0.3) is 0 Å². The van der Waals surface area contributed by atoms with Crippen LogP contribution in [0.15, 0.2) is 48.5 Å². The molecule has 0 heterocycles. The average Bonchev–Trinajstić information content (AvgIpc) is 2.52. The second-order valence-corrected chi connectivity index (χ2v) is 6.90. The van der Waals surface area contributed by atoms with Crippen LogP contribution in [0.2, 0.25) is 0 Å². The number of ether oxygens (including phenoxy) is 1. The molecule has 0 unspecified atom stereocenters. The molecule has 5 heteroatoms. The standard InChI is InChI=1S/C20H22O5/c1-19(2,23)17(21)13-10-11-15(18(22)20(3,4)24)16(12-13)25-14-8-6-5-7-9-14/h5-12,23-24H,1-4H3. The van der Waals surface area contributed by atoms with Crippen LogP contribution in [0, 0.1) is 0 Å². The van der Waals surface area contributed by atoms with E-state index in [0.29, 0.717) is 5.75 Å². The maximum atomic E-state index is 12.5. The van der Waals surface area contributed by atoms with Crippen LogP contribution in [0.25, 0.3) is 0 Å². The number of para-hydroxylation sites is 1. The highest BCUT2D eigenvalue weighted by Gasteiger charge is 2.30. The smallest absolute Gasteiger partial charge is 0.197 e. The van der Waals surface area contributed by atoms with E-state index < -0.39 is 22.8 Å². The minimum absolute atomic E-state index is 0.147. The average molecular weight is 342 g/mol. The van der Waals surface area contributed by atoms with Gasteiger partial charge in [0.2, 0.25) is 0 Å². The summed E-state index contributed by atoms with van der Waals surface area (Å²) in [5.74, 6) is -0.387. The molecule has 0 fully saturated rings. The van der Waals surface area contributed by atoms with Gasteiger partial charge in [-0.2, -0.15) is 0 Å². The Morgan fingerprint density at radius 2 is 1.40 bits per heavy atom. The Bertz CT molecular complexity index is 780. The van der Waals surface area contributed by atoms with Crippen LogP contribution in [-0.4, -0.2) is 33.0 Å². The molecule has 2 aromatic rings. The number of hydrogen-bond donors (Lipinski definition) is 2. The molecule has 0 bridgehead atoms. The molecule has 0 aliphatic heterocycles. The van der Waals surface area contributed by atoms with E-state index in [4.69, 9.17) is 4.74 Å². The first-order valence-corrected chi connectivity index (χ1v) is 7.91. The van der Waals surface area contributed by atoms with Gasteiger partial charge in [-0.1, -0.05) is 24.3 Å². The first-order valence-electron chi connectivity index (χ1n) is 7.91. The molecule has 5 nitrogen and oxygen atoms in total. The van der Waals surface area contributed by atoms with Gasteiger partial charge < -0.3 is 14.9 Å². The quantitative estimate of drug-likeness (QED) is 0.786. The van der Waals surface area contributed by atoms with Gasteiger partial charge in [-0.25, -0.2) is 0 Å². The third-order valence-corrected chi connectivity index (χ3v) is 3.57. The fraction of sp³-hybridized carbons (Fsp3) is 0.300. The van der Waals surface area contributed by atoms with E-state index in [0.717, 1.165) is 0 Å². The van der Waals surface area contributed by atoms with E-state index in [9.17, 15) is 19.8 Å². The summed E-state index contributed by atoms with van der Waals surface area (Å²) in [4.78, 5) is 24.8. The molecule has 2 aromatic carbocycles. The molecule has 2 rings (SSSR count). The van der Waals surface area contributed by atoms with Crippen LogP contribution in [0.1, 0.15) is 48.4 Å². The summed E-state index contributed by atoms with van der Waals surface area (Å²) in [5, 5.41) is 20.0. The van der Waals surface area contributed by atoms with Gasteiger partial charge in [0.05, 0.1) is 5.56 Å². The number of benzene rings is 2. The lowest BCUT2D eigenvalue weighted by atomic mass is 9.92. The monoisotopic (exact) mass is 342 g/mol. The Hall–Kier alpha value is -2.50. The second kappa shape index (κ2) is 6.78. The van der Waals surface area contributed by atoms with Crippen LogP contribution in [-0.2, 0) is 0 Å². The van der Waals surface area contributed by atoms with Crippen molar-refractivity contribution in [2.75, 3.05) is 0 Å². The molecule has 0 atom stereocenters. The van der Waals surface area contributed by atoms with Gasteiger partial charge in [-0.3, -0.25) is 9.59 Å². The zero-order chi connectivity index (χ0) is 18.8. The number of carbonyl (C=O) groups is 2. The number of aliphatic hydroxyl groups is 2. The zero-order valence-corrected chi connectivity index (χ0v) is 14.7. The summed E-state index contributed by atoms with van der Waals surface area (Å²) in [6, 6.07) is 13.1. The number of ketones is 2. The summed E-state index contributed by atoms with van der Waals surface area (Å²) in [6.07, 6.45) is 0. The van der Waals surface area contributed by atoms with Crippen LogP contribution in [0.3, 0.4) is 0 Å². The fourth-order valence-corrected chi connectivity index (χ4v) is 2.23. The highest BCUT2D eigenvalue weighted by atomic mass is 16.5.